The number of halogens is 1. The third kappa shape index (κ3) is 2.60. The van der Waals surface area contributed by atoms with Crippen LogP contribution in [0.15, 0.2) is 18.2 Å². The molecule has 0 fully saturated rings. The summed E-state index contributed by atoms with van der Waals surface area (Å²) in [7, 11) is 3.09. The zero-order valence-electron chi connectivity index (χ0n) is 8.29. The van der Waals surface area contributed by atoms with Gasteiger partial charge in [-0.2, -0.15) is 0 Å². The fourth-order valence-corrected chi connectivity index (χ4v) is 1.23. The Morgan fingerprint density at radius 2 is 1.93 bits per heavy atom. The van der Waals surface area contributed by atoms with Crippen LogP contribution in [0.2, 0.25) is 0 Å². The molecule has 1 rings (SSSR count). The molecular formula is C10H14FNO2. The van der Waals surface area contributed by atoms with Gasteiger partial charge in [-0.05, 0) is 17.7 Å². The first-order valence-electron chi connectivity index (χ1n) is 4.28. The van der Waals surface area contributed by atoms with Crippen molar-refractivity contribution < 1.29 is 13.9 Å². The van der Waals surface area contributed by atoms with Crippen molar-refractivity contribution in [3.05, 3.63) is 23.8 Å². The van der Waals surface area contributed by atoms with E-state index in [0.29, 0.717) is 11.5 Å². The highest BCUT2D eigenvalue weighted by Gasteiger charge is 2.06. The van der Waals surface area contributed by atoms with Gasteiger partial charge in [0.25, 0.3) is 0 Å². The van der Waals surface area contributed by atoms with E-state index in [-0.39, 0.29) is 6.42 Å². The van der Waals surface area contributed by atoms with Crippen molar-refractivity contribution in [2.24, 2.45) is 5.73 Å². The number of hydrogen-bond donors (Lipinski definition) is 1. The molecule has 0 saturated heterocycles. The summed E-state index contributed by atoms with van der Waals surface area (Å²) in [6.45, 7) is 0. The van der Waals surface area contributed by atoms with Gasteiger partial charge in [0, 0.05) is 6.42 Å². The average Bonchev–Trinajstić information content (AvgIpc) is 2.16. The first kappa shape index (κ1) is 10.8. The van der Waals surface area contributed by atoms with E-state index in [9.17, 15) is 4.39 Å². The Balaban J connectivity index is 2.89. The van der Waals surface area contributed by atoms with Crippen molar-refractivity contribution in [1.82, 2.24) is 0 Å². The Hall–Kier alpha value is -1.29. The van der Waals surface area contributed by atoms with E-state index < -0.39 is 6.30 Å². The van der Waals surface area contributed by atoms with E-state index >= 15 is 0 Å². The highest BCUT2D eigenvalue weighted by Crippen LogP contribution is 2.27. The Morgan fingerprint density at radius 1 is 1.29 bits per heavy atom. The van der Waals surface area contributed by atoms with Gasteiger partial charge < -0.3 is 15.2 Å². The summed E-state index contributed by atoms with van der Waals surface area (Å²) < 4.78 is 22.6. The van der Waals surface area contributed by atoms with Crippen LogP contribution in [0, 0.1) is 0 Å². The first-order chi connectivity index (χ1) is 6.67. The van der Waals surface area contributed by atoms with Gasteiger partial charge in [0.2, 0.25) is 0 Å². The molecule has 0 aliphatic rings. The molecule has 3 nitrogen and oxygen atoms in total. The lowest BCUT2D eigenvalue weighted by atomic mass is 10.1. The average molecular weight is 199 g/mol. The molecule has 1 unspecified atom stereocenters. The number of ether oxygens (including phenoxy) is 2. The number of nitrogens with two attached hydrogens (primary N) is 1. The monoisotopic (exact) mass is 199 g/mol. The molecule has 0 aromatic heterocycles. The minimum absolute atomic E-state index is 0.181. The topological polar surface area (TPSA) is 44.5 Å². The van der Waals surface area contributed by atoms with E-state index in [0.717, 1.165) is 5.56 Å². The number of hydrogen-bond acceptors (Lipinski definition) is 3. The lowest BCUT2D eigenvalue weighted by Crippen LogP contribution is -2.15. The second-order valence-electron chi connectivity index (χ2n) is 2.91. The number of benzene rings is 1. The van der Waals surface area contributed by atoms with Crippen LogP contribution in [0.4, 0.5) is 4.39 Å². The zero-order chi connectivity index (χ0) is 10.6. The van der Waals surface area contributed by atoms with E-state index in [1.54, 1.807) is 25.3 Å². The van der Waals surface area contributed by atoms with Crippen molar-refractivity contribution in [3.8, 4) is 11.5 Å². The molecule has 1 aromatic carbocycles. The van der Waals surface area contributed by atoms with Crippen LogP contribution in [-0.4, -0.2) is 20.5 Å². The van der Waals surface area contributed by atoms with Crippen LogP contribution in [0.3, 0.4) is 0 Å². The SMILES string of the molecule is COc1ccc(CC(N)F)cc1OC. The molecule has 0 spiro atoms. The predicted molar refractivity (Wildman–Crippen MR) is 52.3 cm³/mol. The lowest BCUT2D eigenvalue weighted by molar-refractivity contribution is 0.339. The third-order valence-electron chi connectivity index (χ3n) is 1.88. The third-order valence-corrected chi connectivity index (χ3v) is 1.88. The standard InChI is InChI=1S/C10H14FNO2/c1-13-8-4-3-7(6-10(11)12)5-9(8)14-2/h3-5,10H,6,12H2,1-2H3. The van der Waals surface area contributed by atoms with Gasteiger partial charge in [0.05, 0.1) is 14.2 Å². The molecule has 0 bridgehead atoms. The molecule has 0 aliphatic heterocycles. The van der Waals surface area contributed by atoms with Crippen molar-refractivity contribution in [2.75, 3.05) is 14.2 Å². The summed E-state index contributed by atoms with van der Waals surface area (Å²) in [5, 5.41) is 0. The Morgan fingerprint density at radius 3 is 2.43 bits per heavy atom. The van der Waals surface area contributed by atoms with Gasteiger partial charge in [-0.3, -0.25) is 0 Å². The Kier molecular flexibility index (Phi) is 3.71. The van der Waals surface area contributed by atoms with E-state index in [1.165, 1.54) is 7.11 Å². The second-order valence-corrected chi connectivity index (χ2v) is 2.91. The molecule has 0 radical (unpaired) electrons. The maximum Gasteiger partial charge on any atom is 0.160 e. The number of alkyl halides is 1. The van der Waals surface area contributed by atoms with Gasteiger partial charge in [-0.15, -0.1) is 0 Å². The summed E-state index contributed by atoms with van der Waals surface area (Å²) >= 11 is 0. The van der Waals surface area contributed by atoms with Crippen molar-refractivity contribution in [1.29, 1.82) is 0 Å². The van der Waals surface area contributed by atoms with Crippen LogP contribution in [-0.2, 0) is 6.42 Å². The maximum atomic E-state index is 12.5. The highest BCUT2D eigenvalue weighted by molar-refractivity contribution is 5.42. The fraction of sp³-hybridized carbons (Fsp3) is 0.400. The highest BCUT2D eigenvalue weighted by atomic mass is 19.1. The molecule has 1 aromatic rings. The van der Waals surface area contributed by atoms with Crippen LogP contribution < -0.4 is 15.2 Å². The Labute approximate surface area is 82.6 Å². The van der Waals surface area contributed by atoms with E-state index in [2.05, 4.69) is 0 Å². The summed E-state index contributed by atoms with van der Waals surface area (Å²) in [4.78, 5) is 0. The van der Waals surface area contributed by atoms with Crippen molar-refractivity contribution in [3.63, 3.8) is 0 Å². The van der Waals surface area contributed by atoms with Crippen LogP contribution >= 0.6 is 0 Å². The van der Waals surface area contributed by atoms with Crippen molar-refractivity contribution >= 4 is 0 Å². The van der Waals surface area contributed by atoms with Gasteiger partial charge in [0.1, 0.15) is 0 Å². The van der Waals surface area contributed by atoms with E-state index in [4.69, 9.17) is 15.2 Å². The van der Waals surface area contributed by atoms with Gasteiger partial charge >= 0.3 is 0 Å². The fourth-order valence-electron chi connectivity index (χ4n) is 1.23. The summed E-state index contributed by atoms with van der Waals surface area (Å²) in [5.41, 5.74) is 5.84. The number of rotatable bonds is 4. The van der Waals surface area contributed by atoms with Gasteiger partial charge in [0.15, 0.2) is 17.8 Å². The molecule has 78 valence electrons. The molecule has 1 atom stereocenters. The lowest BCUT2D eigenvalue weighted by Gasteiger charge is -2.09. The Bertz CT molecular complexity index is 302. The van der Waals surface area contributed by atoms with Gasteiger partial charge in [-0.1, -0.05) is 6.07 Å². The molecule has 0 saturated carbocycles. The molecule has 0 heterocycles. The van der Waals surface area contributed by atoms with Crippen LogP contribution in [0.5, 0.6) is 11.5 Å². The molecule has 2 N–H and O–H groups in total. The normalized spacial score (nSPS) is 12.3. The summed E-state index contributed by atoms with van der Waals surface area (Å²) in [6.07, 6.45) is -1.16. The quantitative estimate of drug-likeness (QED) is 0.747. The molecular weight excluding hydrogens is 185 g/mol. The summed E-state index contributed by atoms with van der Waals surface area (Å²) in [5.74, 6) is 1.22. The molecule has 14 heavy (non-hydrogen) atoms. The molecule has 0 aliphatic carbocycles. The second kappa shape index (κ2) is 4.81. The van der Waals surface area contributed by atoms with E-state index in [1.807, 2.05) is 0 Å². The molecule has 0 amide bonds. The maximum absolute atomic E-state index is 12.5. The molecule has 4 heteroatoms. The largest absolute Gasteiger partial charge is 0.493 e. The minimum Gasteiger partial charge on any atom is -0.493 e. The number of methoxy groups -OCH3 is 2. The predicted octanol–water partition coefficient (Wildman–Crippen LogP) is 1.50. The first-order valence-corrected chi connectivity index (χ1v) is 4.28. The minimum atomic E-state index is -1.34. The smallest absolute Gasteiger partial charge is 0.160 e. The zero-order valence-corrected chi connectivity index (χ0v) is 8.29. The van der Waals surface area contributed by atoms with Crippen LogP contribution in [0.1, 0.15) is 5.56 Å². The summed E-state index contributed by atoms with van der Waals surface area (Å²) in [6, 6.07) is 5.22. The van der Waals surface area contributed by atoms with Gasteiger partial charge in [-0.25, -0.2) is 4.39 Å². The van der Waals surface area contributed by atoms with Crippen molar-refractivity contribution in [2.45, 2.75) is 12.7 Å². The van der Waals surface area contributed by atoms with Crippen LogP contribution in [0.25, 0.3) is 0 Å².